The molecule has 0 aliphatic carbocycles. The predicted octanol–water partition coefficient (Wildman–Crippen LogP) is 1.79. The van der Waals surface area contributed by atoms with Crippen LogP contribution in [0.1, 0.15) is 0 Å². The standard InChI is InChI=1S/C15H18N4O4/c1-22-10-8-19(11-14(20)17-13-7-9-23-18-13)15(21)16-12-5-3-2-4-6-12/h2-7,9H,8,10-11H2,1H3,(H,16,21)(H,17,18,20). The molecule has 8 heteroatoms. The highest BCUT2D eigenvalue weighted by atomic mass is 16.5. The molecule has 1 heterocycles. The lowest BCUT2D eigenvalue weighted by Gasteiger charge is -2.22. The fourth-order valence-electron chi connectivity index (χ4n) is 1.81. The van der Waals surface area contributed by atoms with Crippen molar-refractivity contribution in [1.29, 1.82) is 0 Å². The normalized spacial score (nSPS) is 10.1. The van der Waals surface area contributed by atoms with Gasteiger partial charge in [-0.2, -0.15) is 0 Å². The molecule has 2 N–H and O–H groups in total. The molecule has 0 saturated carbocycles. The summed E-state index contributed by atoms with van der Waals surface area (Å²) < 4.78 is 9.61. The summed E-state index contributed by atoms with van der Waals surface area (Å²) in [7, 11) is 1.53. The average molecular weight is 318 g/mol. The van der Waals surface area contributed by atoms with E-state index in [-0.39, 0.29) is 25.0 Å². The van der Waals surface area contributed by atoms with E-state index in [9.17, 15) is 9.59 Å². The number of carbonyl (C=O) groups excluding carboxylic acids is 2. The number of ether oxygens (including phenoxy) is 1. The Labute approximate surface area is 133 Å². The number of aromatic nitrogens is 1. The number of rotatable bonds is 7. The number of methoxy groups -OCH3 is 1. The first-order valence-corrected chi connectivity index (χ1v) is 6.99. The van der Waals surface area contributed by atoms with Crippen LogP contribution in [0.3, 0.4) is 0 Å². The number of anilines is 2. The van der Waals surface area contributed by atoms with Crippen molar-refractivity contribution in [2.75, 3.05) is 37.4 Å². The maximum absolute atomic E-state index is 12.3. The van der Waals surface area contributed by atoms with Gasteiger partial charge in [0.25, 0.3) is 0 Å². The quantitative estimate of drug-likeness (QED) is 0.811. The fourth-order valence-corrected chi connectivity index (χ4v) is 1.81. The van der Waals surface area contributed by atoms with E-state index in [1.807, 2.05) is 18.2 Å². The zero-order chi connectivity index (χ0) is 16.5. The highest BCUT2D eigenvalue weighted by molar-refractivity contribution is 5.96. The molecule has 0 atom stereocenters. The minimum atomic E-state index is -0.386. The number of urea groups is 1. The van der Waals surface area contributed by atoms with Gasteiger partial charge in [0.15, 0.2) is 5.82 Å². The Kier molecular flexibility index (Phi) is 6.13. The summed E-state index contributed by atoms with van der Waals surface area (Å²) in [6.07, 6.45) is 1.35. The van der Waals surface area contributed by atoms with E-state index in [0.717, 1.165) is 0 Å². The van der Waals surface area contributed by atoms with Gasteiger partial charge in [-0.3, -0.25) is 4.79 Å². The lowest BCUT2D eigenvalue weighted by molar-refractivity contribution is -0.116. The highest BCUT2D eigenvalue weighted by Crippen LogP contribution is 2.07. The third-order valence-corrected chi connectivity index (χ3v) is 2.92. The zero-order valence-electron chi connectivity index (χ0n) is 12.7. The van der Waals surface area contributed by atoms with E-state index in [4.69, 9.17) is 4.74 Å². The van der Waals surface area contributed by atoms with Crippen molar-refractivity contribution in [1.82, 2.24) is 10.1 Å². The van der Waals surface area contributed by atoms with Gasteiger partial charge in [0.1, 0.15) is 12.8 Å². The van der Waals surface area contributed by atoms with Crippen molar-refractivity contribution in [2.45, 2.75) is 0 Å². The van der Waals surface area contributed by atoms with Gasteiger partial charge in [0, 0.05) is 25.4 Å². The largest absolute Gasteiger partial charge is 0.383 e. The van der Waals surface area contributed by atoms with E-state index in [2.05, 4.69) is 20.3 Å². The van der Waals surface area contributed by atoms with Gasteiger partial charge in [0.05, 0.1) is 6.61 Å². The Morgan fingerprint density at radius 3 is 2.65 bits per heavy atom. The number of hydrogen-bond acceptors (Lipinski definition) is 5. The second kappa shape index (κ2) is 8.54. The maximum atomic E-state index is 12.3. The molecule has 122 valence electrons. The smallest absolute Gasteiger partial charge is 0.322 e. The Bertz CT molecular complexity index is 616. The van der Waals surface area contributed by atoms with E-state index in [0.29, 0.717) is 18.1 Å². The number of benzene rings is 1. The van der Waals surface area contributed by atoms with Gasteiger partial charge in [-0.05, 0) is 12.1 Å². The SMILES string of the molecule is COCCN(CC(=O)Nc1ccon1)C(=O)Nc1ccccc1. The Hall–Kier alpha value is -2.87. The molecular weight excluding hydrogens is 300 g/mol. The van der Waals surface area contributed by atoms with Crippen LogP contribution in [0.25, 0.3) is 0 Å². The van der Waals surface area contributed by atoms with E-state index in [1.165, 1.54) is 24.3 Å². The minimum Gasteiger partial charge on any atom is -0.383 e. The molecule has 3 amide bonds. The van der Waals surface area contributed by atoms with Crippen molar-refractivity contribution >= 4 is 23.4 Å². The maximum Gasteiger partial charge on any atom is 0.322 e. The lowest BCUT2D eigenvalue weighted by Crippen LogP contribution is -2.42. The van der Waals surface area contributed by atoms with Gasteiger partial charge < -0.3 is 24.8 Å². The van der Waals surface area contributed by atoms with Crippen LogP contribution in [0.5, 0.6) is 0 Å². The molecule has 2 rings (SSSR count). The summed E-state index contributed by atoms with van der Waals surface area (Å²) in [4.78, 5) is 25.6. The van der Waals surface area contributed by atoms with Crippen LogP contribution in [-0.2, 0) is 9.53 Å². The number of hydrogen-bond donors (Lipinski definition) is 2. The first kappa shape index (κ1) is 16.5. The average Bonchev–Trinajstić information content (AvgIpc) is 3.05. The molecule has 0 unspecified atom stereocenters. The molecule has 0 fully saturated rings. The van der Waals surface area contributed by atoms with Crippen LogP contribution in [-0.4, -0.2) is 48.8 Å². The van der Waals surface area contributed by atoms with Crippen LogP contribution in [0, 0.1) is 0 Å². The lowest BCUT2D eigenvalue weighted by atomic mass is 10.3. The Morgan fingerprint density at radius 1 is 1.22 bits per heavy atom. The molecule has 8 nitrogen and oxygen atoms in total. The zero-order valence-corrected chi connectivity index (χ0v) is 12.7. The number of para-hydroxylation sites is 1. The Morgan fingerprint density at radius 2 is 2.00 bits per heavy atom. The summed E-state index contributed by atoms with van der Waals surface area (Å²) in [6, 6.07) is 10.1. The van der Waals surface area contributed by atoms with Crippen molar-refractivity contribution in [2.24, 2.45) is 0 Å². The Balaban J connectivity index is 1.94. The first-order chi connectivity index (χ1) is 11.2. The molecule has 23 heavy (non-hydrogen) atoms. The van der Waals surface area contributed by atoms with Gasteiger partial charge in [-0.15, -0.1) is 0 Å². The monoisotopic (exact) mass is 318 g/mol. The molecule has 2 aromatic rings. The fraction of sp³-hybridized carbons (Fsp3) is 0.267. The first-order valence-electron chi connectivity index (χ1n) is 6.99. The third kappa shape index (κ3) is 5.44. The molecule has 0 aliphatic rings. The van der Waals surface area contributed by atoms with Crippen LogP contribution in [0.15, 0.2) is 47.2 Å². The van der Waals surface area contributed by atoms with E-state index < -0.39 is 0 Å². The second-order valence-electron chi connectivity index (χ2n) is 4.64. The summed E-state index contributed by atoms with van der Waals surface area (Å²) in [5.74, 6) is -0.0802. The van der Waals surface area contributed by atoms with Crippen LogP contribution in [0.2, 0.25) is 0 Å². The van der Waals surface area contributed by atoms with Gasteiger partial charge in [-0.25, -0.2) is 4.79 Å². The molecule has 0 spiro atoms. The summed E-state index contributed by atoms with van der Waals surface area (Å²) >= 11 is 0. The van der Waals surface area contributed by atoms with Crippen molar-refractivity contribution in [3.8, 4) is 0 Å². The number of amides is 3. The highest BCUT2D eigenvalue weighted by Gasteiger charge is 2.17. The molecule has 0 aliphatic heterocycles. The molecule has 0 bridgehead atoms. The topological polar surface area (TPSA) is 96.7 Å². The van der Waals surface area contributed by atoms with Crippen molar-refractivity contribution in [3.63, 3.8) is 0 Å². The molecule has 1 aromatic heterocycles. The van der Waals surface area contributed by atoms with Gasteiger partial charge >= 0.3 is 6.03 Å². The van der Waals surface area contributed by atoms with Gasteiger partial charge in [0.2, 0.25) is 5.91 Å². The van der Waals surface area contributed by atoms with Crippen molar-refractivity contribution < 1.29 is 18.8 Å². The summed E-state index contributed by atoms with van der Waals surface area (Å²) in [6.45, 7) is 0.468. The van der Waals surface area contributed by atoms with Crippen molar-refractivity contribution in [3.05, 3.63) is 42.7 Å². The molecule has 0 saturated heterocycles. The molecule has 0 radical (unpaired) electrons. The van der Waals surface area contributed by atoms with Crippen LogP contribution < -0.4 is 10.6 Å². The van der Waals surface area contributed by atoms with Crippen LogP contribution in [0.4, 0.5) is 16.3 Å². The number of carbonyl (C=O) groups is 2. The minimum absolute atomic E-state index is 0.130. The second-order valence-corrected chi connectivity index (χ2v) is 4.64. The third-order valence-electron chi connectivity index (χ3n) is 2.92. The number of nitrogens with zero attached hydrogens (tertiary/aromatic N) is 2. The van der Waals surface area contributed by atoms with Gasteiger partial charge in [-0.1, -0.05) is 23.4 Å². The summed E-state index contributed by atoms with van der Waals surface area (Å²) in [5.41, 5.74) is 0.650. The van der Waals surface area contributed by atoms with E-state index >= 15 is 0 Å². The molecule has 1 aromatic carbocycles. The van der Waals surface area contributed by atoms with Crippen LogP contribution >= 0.6 is 0 Å². The van der Waals surface area contributed by atoms with E-state index in [1.54, 1.807) is 12.1 Å². The summed E-state index contributed by atoms with van der Waals surface area (Å²) in [5, 5.41) is 8.86. The molecular formula is C15H18N4O4. The predicted molar refractivity (Wildman–Crippen MR) is 84.0 cm³/mol. The number of nitrogens with one attached hydrogen (secondary N) is 2.